The summed E-state index contributed by atoms with van der Waals surface area (Å²) in [7, 11) is 0. The number of ketones is 1. The predicted octanol–water partition coefficient (Wildman–Crippen LogP) is 5.03. The first-order chi connectivity index (χ1) is 14.4. The van der Waals surface area contributed by atoms with Crippen LogP contribution in [0.4, 0.5) is 13.2 Å². The molecular weight excluding hydrogens is 391 g/mol. The minimum Gasteiger partial charge on any atom is -0.294 e. The zero-order chi connectivity index (χ0) is 21.0. The minimum atomic E-state index is -0.670. The Hall–Kier alpha value is -3.48. The van der Waals surface area contributed by atoms with Crippen LogP contribution in [0, 0.1) is 24.4 Å². The molecular formula is C23H16F3N3O. The van der Waals surface area contributed by atoms with Crippen molar-refractivity contribution in [1.82, 2.24) is 14.6 Å². The Kier molecular flexibility index (Phi) is 4.20. The second kappa shape index (κ2) is 6.79. The molecule has 30 heavy (non-hydrogen) atoms. The lowest BCUT2D eigenvalue weighted by molar-refractivity contribution is 0.0962. The lowest BCUT2D eigenvalue weighted by atomic mass is 9.82. The number of Topliss-reactive ketones (excluding diaryl/α,β-unsaturated/α-hetero) is 1. The standard InChI is InChI=1S/C23H16F3N3O/c1-12-22(13-2-4-16(24)5-3-13)23-27-11-19-20(29(23)28-12)8-15(9-21(19)30)14-6-17(25)10-18(26)7-14/h2-7,10-11,15H,8-9H2,1H3/t15-/m1/s1. The van der Waals surface area contributed by atoms with E-state index in [1.165, 1.54) is 30.5 Å². The van der Waals surface area contributed by atoms with Gasteiger partial charge in [-0.1, -0.05) is 12.1 Å². The van der Waals surface area contributed by atoms with Crippen LogP contribution in [0.3, 0.4) is 0 Å². The summed E-state index contributed by atoms with van der Waals surface area (Å²) >= 11 is 0. The van der Waals surface area contributed by atoms with Gasteiger partial charge in [0.15, 0.2) is 11.4 Å². The molecule has 0 aliphatic heterocycles. The van der Waals surface area contributed by atoms with Crippen LogP contribution in [0.1, 0.15) is 39.6 Å². The normalized spacial score (nSPS) is 16.1. The molecule has 7 heteroatoms. The summed E-state index contributed by atoms with van der Waals surface area (Å²) in [5.41, 5.74) is 4.32. The number of aryl methyl sites for hydroxylation is 1. The van der Waals surface area contributed by atoms with Crippen LogP contribution >= 0.6 is 0 Å². The maximum atomic E-state index is 13.7. The molecule has 0 N–H and O–H groups in total. The fourth-order valence-electron chi connectivity index (χ4n) is 4.21. The number of hydrogen-bond donors (Lipinski definition) is 0. The minimum absolute atomic E-state index is 0.142. The van der Waals surface area contributed by atoms with Crippen molar-refractivity contribution in [3.05, 3.63) is 88.6 Å². The Bertz CT molecular complexity index is 1290. The van der Waals surface area contributed by atoms with Gasteiger partial charge in [0.05, 0.1) is 17.0 Å². The van der Waals surface area contributed by atoms with Gasteiger partial charge in [0, 0.05) is 24.2 Å². The number of rotatable bonds is 2. The number of nitrogens with zero attached hydrogens (tertiary/aromatic N) is 3. The van der Waals surface area contributed by atoms with Gasteiger partial charge in [-0.2, -0.15) is 5.10 Å². The number of halogens is 3. The average Bonchev–Trinajstić information content (AvgIpc) is 3.04. The van der Waals surface area contributed by atoms with E-state index in [0.29, 0.717) is 34.6 Å². The summed E-state index contributed by atoms with van der Waals surface area (Å²) < 4.78 is 42.4. The molecule has 2 aromatic heterocycles. The highest BCUT2D eigenvalue weighted by Gasteiger charge is 2.30. The van der Waals surface area contributed by atoms with Crippen molar-refractivity contribution in [3.63, 3.8) is 0 Å². The molecule has 4 aromatic rings. The third-order valence-corrected chi connectivity index (χ3v) is 5.58. The fraction of sp³-hybridized carbons (Fsp3) is 0.174. The Balaban J connectivity index is 1.65. The molecule has 0 bridgehead atoms. The first kappa shape index (κ1) is 18.5. The van der Waals surface area contributed by atoms with Gasteiger partial charge in [-0.25, -0.2) is 22.7 Å². The van der Waals surface area contributed by atoms with Crippen LogP contribution < -0.4 is 0 Å². The third kappa shape index (κ3) is 2.98. The molecule has 2 aromatic carbocycles. The molecule has 0 saturated carbocycles. The molecule has 0 radical (unpaired) electrons. The van der Waals surface area contributed by atoms with Gasteiger partial charge in [0.1, 0.15) is 17.5 Å². The second-order valence-corrected chi connectivity index (χ2v) is 7.55. The molecule has 4 nitrogen and oxygen atoms in total. The van der Waals surface area contributed by atoms with E-state index in [1.54, 1.807) is 16.6 Å². The van der Waals surface area contributed by atoms with Crippen LogP contribution in [-0.4, -0.2) is 20.4 Å². The number of fused-ring (bicyclic) bond motifs is 3. The van der Waals surface area contributed by atoms with E-state index in [0.717, 1.165) is 17.2 Å². The van der Waals surface area contributed by atoms with Gasteiger partial charge in [0.2, 0.25) is 0 Å². The molecule has 1 atom stereocenters. The van der Waals surface area contributed by atoms with Crippen molar-refractivity contribution in [3.8, 4) is 11.1 Å². The predicted molar refractivity (Wildman–Crippen MR) is 105 cm³/mol. The van der Waals surface area contributed by atoms with Crippen LogP contribution in [0.25, 0.3) is 16.8 Å². The molecule has 0 amide bonds. The van der Waals surface area contributed by atoms with E-state index in [-0.39, 0.29) is 23.9 Å². The topological polar surface area (TPSA) is 47.3 Å². The van der Waals surface area contributed by atoms with Crippen molar-refractivity contribution in [2.75, 3.05) is 0 Å². The fourth-order valence-corrected chi connectivity index (χ4v) is 4.21. The summed E-state index contributed by atoms with van der Waals surface area (Å²) in [6, 6.07) is 9.40. The Morgan fingerprint density at radius 2 is 1.67 bits per heavy atom. The van der Waals surface area contributed by atoms with E-state index in [4.69, 9.17) is 0 Å². The van der Waals surface area contributed by atoms with Crippen molar-refractivity contribution in [2.24, 2.45) is 0 Å². The largest absolute Gasteiger partial charge is 0.294 e. The first-order valence-corrected chi connectivity index (χ1v) is 9.53. The SMILES string of the molecule is Cc1nn2c3c(cnc2c1-c1ccc(F)cc1)C(=O)C[C@H](c1cc(F)cc(F)c1)C3. The van der Waals surface area contributed by atoms with E-state index < -0.39 is 11.6 Å². The van der Waals surface area contributed by atoms with Gasteiger partial charge < -0.3 is 0 Å². The number of carbonyl (C=O) groups excluding carboxylic acids is 1. The number of aromatic nitrogens is 3. The highest BCUT2D eigenvalue weighted by molar-refractivity contribution is 5.99. The monoisotopic (exact) mass is 407 g/mol. The Labute approximate surface area is 170 Å². The quantitative estimate of drug-likeness (QED) is 0.468. The third-order valence-electron chi connectivity index (χ3n) is 5.58. The maximum absolute atomic E-state index is 13.7. The molecule has 150 valence electrons. The van der Waals surface area contributed by atoms with Gasteiger partial charge in [-0.3, -0.25) is 4.79 Å². The summed E-state index contributed by atoms with van der Waals surface area (Å²) in [6.45, 7) is 1.82. The lowest BCUT2D eigenvalue weighted by Gasteiger charge is -2.24. The molecule has 0 unspecified atom stereocenters. The van der Waals surface area contributed by atoms with Crippen molar-refractivity contribution in [2.45, 2.75) is 25.7 Å². The number of hydrogen-bond acceptors (Lipinski definition) is 3. The van der Waals surface area contributed by atoms with Gasteiger partial charge in [-0.05, 0) is 54.7 Å². The summed E-state index contributed by atoms with van der Waals surface area (Å²) in [4.78, 5) is 17.2. The zero-order valence-electron chi connectivity index (χ0n) is 16.0. The van der Waals surface area contributed by atoms with Crippen molar-refractivity contribution >= 4 is 11.4 Å². The van der Waals surface area contributed by atoms with E-state index in [1.807, 2.05) is 6.92 Å². The van der Waals surface area contributed by atoms with Crippen molar-refractivity contribution < 1.29 is 18.0 Å². The van der Waals surface area contributed by atoms with Gasteiger partial charge in [-0.15, -0.1) is 0 Å². The lowest BCUT2D eigenvalue weighted by Crippen LogP contribution is -2.22. The summed E-state index contributed by atoms with van der Waals surface area (Å²) in [5, 5.41) is 4.58. The highest BCUT2D eigenvalue weighted by atomic mass is 19.1. The molecule has 2 heterocycles. The molecule has 0 fully saturated rings. The van der Waals surface area contributed by atoms with Crippen LogP contribution in [0.2, 0.25) is 0 Å². The average molecular weight is 407 g/mol. The smallest absolute Gasteiger partial charge is 0.166 e. The number of benzene rings is 2. The van der Waals surface area contributed by atoms with Crippen molar-refractivity contribution in [1.29, 1.82) is 0 Å². The zero-order valence-corrected chi connectivity index (χ0v) is 16.0. The van der Waals surface area contributed by atoms with E-state index in [2.05, 4.69) is 10.1 Å². The Morgan fingerprint density at radius 3 is 2.37 bits per heavy atom. The molecule has 5 rings (SSSR count). The molecule has 0 saturated heterocycles. The van der Waals surface area contributed by atoms with Gasteiger partial charge in [0.25, 0.3) is 0 Å². The highest BCUT2D eigenvalue weighted by Crippen LogP contribution is 2.35. The second-order valence-electron chi connectivity index (χ2n) is 7.55. The molecule has 0 spiro atoms. The van der Waals surface area contributed by atoms with E-state index in [9.17, 15) is 18.0 Å². The Morgan fingerprint density at radius 1 is 0.967 bits per heavy atom. The van der Waals surface area contributed by atoms with Gasteiger partial charge >= 0.3 is 0 Å². The number of carbonyl (C=O) groups is 1. The molecule has 1 aliphatic carbocycles. The summed E-state index contributed by atoms with van der Waals surface area (Å²) in [5.74, 6) is -2.18. The van der Waals surface area contributed by atoms with Crippen LogP contribution in [0.15, 0.2) is 48.7 Å². The maximum Gasteiger partial charge on any atom is 0.166 e. The van der Waals surface area contributed by atoms with E-state index >= 15 is 0 Å². The first-order valence-electron chi connectivity index (χ1n) is 9.53. The summed E-state index contributed by atoms with van der Waals surface area (Å²) in [6.07, 6.45) is 2.07. The van der Waals surface area contributed by atoms with Crippen LogP contribution in [-0.2, 0) is 6.42 Å². The molecule has 1 aliphatic rings. The van der Waals surface area contributed by atoms with Crippen LogP contribution in [0.5, 0.6) is 0 Å².